The minimum Gasteiger partial charge on any atom is -0.466 e. The molecular weight excluding hydrogens is 243 g/mol. The van der Waals surface area contributed by atoms with Gasteiger partial charge >= 0.3 is 0 Å². The highest BCUT2D eigenvalue weighted by Crippen LogP contribution is 2.25. The lowest BCUT2D eigenvalue weighted by Crippen LogP contribution is -2.30. The quantitative estimate of drug-likeness (QED) is 0.657. The summed E-state index contributed by atoms with van der Waals surface area (Å²) in [6, 6.07) is 6.69. The average molecular weight is 262 g/mol. The molecule has 0 radical (unpaired) electrons. The van der Waals surface area contributed by atoms with Gasteiger partial charge in [-0.1, -0.05) is 6.07 Å². The molecule has 0 aliphatic carbocycles. The predicted octanol–water partition coefficient (Wildman–Crippen LogP) is 3.09. The Morgan fingerprint density at radius 3 is 2.58 bits per heavy atom. The fraction of sp³-hybridized carbons (Fsp3) is 0.333. The van der Waals surface area contributed by atoms with Gasteiger partial charge in [-0.15, -0.1) is 0 Å². The highest BCUT2D eigenvalue weighted by molar-refractivity contribution is 5.31. The second-order valence-electron chi connectivity index (χ2n) is 4.86. The summed E-state index contributed by atoms with van der Waals surface area (Å²) >= 11 is 0. The third kappa shape index (κ3) is 3.03. The molecule has 1 unspecified atom stereocenters. The molecule has 0 bridgehead atoms. The monoisotopic (exact) mass is 262 g/mol. The molecule has 0 fully saturated rings. The summed E-state index contributed by atoms with van der Waals surface area (Å²) in [5, 5.41) is 0. The lowest BCUT2D eigenvalue weighted by molar-refractivity contribution is 0.484. The van der Waals surface area contributed by atoms with Crippen molar-refractivity contribution in [2.45, 2.75) is 33.2 Å². The molecule has 4 heteroatoms. The molecule has 2 aromatic rings. The van der Waals surface area contributed by atoms with E-state index >= 15 is 0 Å². The first-order valence-corrected chi connectivity index (χ1v) is 6.29. The van der Waals surface area contributed by atoms with Gasteiger partial charge in [-0.05, 0) is 56.5 Å². The van der Waals surface area contributed by atoms with E-state index in [9.17, 15) is 4.39 Å². The molecule has 1 aromatic heterocycles. The average Bonchev–Trinajstić information content (AvgIpc) is 2.69. The second-order valence-corrected chi connectivity index (χ2v) is 4.86. The predicted molar refractivity (Wildman–Crippen MR) is 73.1 cm³/mol. The number of halogens is 1. The van der Waals surface area contributed by atoms with Crippen molar-refractivity contribution >= 4 is 0 Å². The van der Waals surface area contributed by atoms with Crippen LogP contribution in [-0.4, -0.2) is 0 Å². The van der Waals surface area contributed by atoms with Gasteiger partial charge in [-0.25, -0.2) is 4.39 Å². The fourth-order valence-electron chi connectivity index (χ4n) is 2.33. The van der Waals surface area contributed by atoms with Gasteiger partial charge in [0.15, 0.2) is 0 Å². The van der Waals surface area contributed by atoms with Crippen LogP contribution in [0.2, 0.25) is 0 Å². The van der Waals surface area contributed by atoms with Gasteiger partial charge in [-0.3, -0.25) is 11.3 Å². The zero-order chi connectivity index (χ0) is 14.0. The summed E-state index contributed by atoms with van der Waals surface area (Å²) in [6.45, 7) is 5.78. The molecule has 1 atom stereocenters. The SMILES string of the molecule is Cc1cc(C(Cc2cc(F)ccc2C)NN)c(C)o1. The van der Waals surface area contributed by atoms with Crippen LogP contribution in [0.25, 0.3) is 0 Å². The molecule has 3 N–H and O–H groups in total. The van der Waals surface area contributed by atoms with Gasteiger partial charge in [-0.2, -0.15) is 0 Å². The smallest absolute Gasteiger partial charge is 0.123 e. The van der Waals surface area contributed by atoms with Crippen LogP contribution < -0.4 is 11.3 Å². The molecule has 102 valence electrons. The lowest BCUT2D eigenvalue weighted by atomic mass is 9.96. The number of hydrazine groups is 1. The van der Waals surface area contributed by atoms with Crippen molar-refractivity contribution in [3.8, 4) is 0 Å². The second kappa shape index (κ2) is 5.55. The van der Waals surface area contributed by atoms with Crippen molar-refractivity contribution in [2.75, 3.05) is 0 Å². The summed E-state index contributed by atoms with van der Waals surface area (Å²) in [4.78, 5) is 0. The third-order valence-electron chi connectivity index (χ3n) is 3.39. The molecule has 1 aromatic carbocycles. The molecule has 19 heavy (non-hydrogen) atoms. The van der Waals surface area contributed by atoms with Crippen LogP contribution in [0, 0.1) is 26.6 Å². The number of furan rings is 1. The number of benzene rings is 1. The Morgan fingerprint density at radius 2 is 2.00 bits per heavy atom. The molecule has 3 nitrogen and oxygen atoms in total. The Balaban J connectivity index is 2.29. The molecule has 0 aliphatic heterocycles. The van der Waals surface area contributed by atoms with E-state index in [0.717, 1.165) is 28.2 Å². The largest absolute Gasteiger partial charge is 0.466 e. The maximum absolute atomic E-state index is 13.3. The minimum atomic E-state index is -0.225. The number of hydrogen-bond acceptors (Lipinski definition) is 3. The van der Waals surface area contributed by atoms with Crippen LogP contribution in [0.5, 0.6) is 0 Å². The first-order valence-electron chi connectivity index (χ1n) is 6.29. The zero-order valence-corrected chi connectivity index (χ0v) is 11.5. The molecule has 1 heterocycles. The summed E-state index contributed by atoms with van der Waals surface area (Å²) in [7, 11) is 0. The Bertz CT molecular complexity index is 578. The summed E-state index contributed by atoms with van der Waals surface area (Å²) in [6.07, 6.45) is 0.625. The first-order chi connectivity index (χ1) is 9.01. The van der Waals surface area contributed by atoms with Crippen LogP contribution in [0.4, 0.5) is 4.39 Å². The van der Waals surface area contributed by atoms with Gasteiger partial charge in [0, 0.05) is 5.56 Å². The van der Waals surface area contributed by atoms with Gasteiger partial charge < -0.3 is 4.42 Å². The molecule has 0 saturated heterocycles. The van der Waals surface area contributed by atoms with Gasteiger partial charge in [0.2, 0.25) is 0 Å². The van der Waals surface area contributed by atoms with Gasteiger partial charge in [0.25, 0.3) is 0 Å². The van der Waals surface area contributed by atoms with Crippen molar-refractivity contribution in [1.82, 2.24) is 5.43 Å². The van der Waals surface area contributed by atoms with Crippen LogP contribution in [0.1, 0.15) is 34.3 Å². The number of rotatable bonds is 4. The first kappa shape index (κ1) is 13.8. The summed E-state index contributed by atoms with van der Waals surface area (Å²) < 4.78 is 18.8. The third-order valence-corrected chi connectivity index (χ3v) is 3.39. The highest BCUT2D eigenvalue weighted by Gasteiger charge is 2.17. The molecule has 0 saturated carbocycles. The van der Waals surface area contributed by atoms with Crippen molar-refractivity contribution in [2.24, 2.45) is 5.84 Å². The molecule has 2 rings (SSSR count). The number of hydrogen-bond donors (Lipinski definition) is 2. The molecular formula is C15H19FN2O. The van der Waals surface area contributed by atoms with Crippen molar-refractivity contribution in [3.05, 3.63) is 58.3 Å². The highest BCUT2D eigenvalue weighted by atomic mass is 19.1. The topological polar surface area (TPSA) is 51.2 Å². The van der Waals surface area contributed by atoms with Crippen LogP contribution >= 0.6 is 0 Å². The van der Waals surface area contributed by atoms with Crippen molar-refractivity contribution in [3.63, 3.8) is 0 Å². The minimum absolute atomic E-state index is 0.0852. The van der Waals surface area contributed by atoms with Crippen molar-refractivity contribution in [1.29, 1.82) is 0 Å². The molecule has 0 amide bonds. The Morgan fingerprint density at radius 1 is 1.26 bits per heavy atom. The van der Waals surface area contributed by atoms with E-state index in [-0.39, 0.29) is 11.9 Å². The zero-order valence-electron chi connectivity index (χ0n) is 11.5. The maximum atomic E-state index is 13.3. The fourth-order valence-corrected chi connectivity index (χ4v) is 2.33. The van der Waals surface area contributed by atoms with Crippen molar-refractivity contribution < 1.29 is 8.81 Å². The number of nitrogens with one attached hydrogen (secondary N) is 1. The van der Waals surface area contributed by atoms with Crippen LogP contribution in [0.3, 0.4) is 0 Å². The maximum Gasteiger partial charge on any atom is 0.123 e. The normalized spacial score (nSPS) is 12.7. The number of nitrogens with two attached hydrogens (primary N) is 1. The van der Waals surface area contributed by atoms with E-state index in [1.807, 2.05) is 26.8 Å². The van der Waals surface area contributed by atoms with E-state index < -0.39 is 0 Å². The molecule has 0 aliphatic rings. The van der Waals surface area contributed by atoms with E-state index in [1.165, 1.54) is 6.07 Å². The Labute approximate surface area is 112 Å². The van der Waals surface area contributed by atoms with Gasteiger partial charge in [0.05, 0.1) is 6.04 Å². The lowest BCUT2D eigenvalue weighted by Gasteiger charge is -2.16. The van der Waals surface area contributed by atoms with Gasteiger partial charge in [0.1, 0.15) is 17.3 Å². The standard InChI is InChI=1S/C15H19FN2O/c1-9-4-5-13(16)7-12(9)8-15(18-17)14-6-10(2)19-11(14)3/h4-7,15,18H,8,17H2,1-3H3. The molecule has 0 spiro atoms. The van der Waals surface area contributed by atoms with Crippen LogP contribution in [-0.2, 0) is 6.42 Å². The Hall–Kier alpha value is -1.65. The summed E-state index contributed by atoms with van der Waals surface area (Å²) in [5.41, 5.74) is 5.80. The summed E-state index contributed by atoms with van der Waals surface area (Å²) in [5.74, 6) is 7.10. The number of aryl methyl sites for hydroxylation is 3. The van der Waals surface area contributed by atoms with E-state index in [2.05, 4.69) is 5.43 Å². The van der Waals surface area contributed by atoms with Crippen LogP contribution in [0.15, 0.2) is 28.7 Å². The van der Waals surface area contributed by atoms with E-state index in [4.69, 9.17) is 10.3 Å². The van der Waals surface area contributed by atoms with E-state index in [0.29, 0.717) is 6.42 Å². The van der Waals surface area contributed by atoms with E-state index in [1.54, 1.807) is 12.1 Å². The Kier molecular flexibility index (Phi) is 4.02.